The van der Waals surface area contributed by atoms with Crippen LogP contribution in [0.4, 0.5) is 8.78 Å². The van der Waals surface area contributed by atoms with Crippen molar-refractivity contribution in [3.05, 3.63) is 89.6 Å². The second-order valence-corrected chi connectivity index (χ2v) is 7.28. The fourth-order valence-electron chi connectivity index (χ4n) is 3.64. The minimum atomic E-state index is -0.872. The lowest BCUT2D eigenvalue weighted by molar-refractivity contribution is 0.242. The Labute approximate surface area is 172 Å². The number of benzene rings is 1. The molecule has 150 valence electrons. The first-order valence-corrected chi connectivity index (χ1v) is 9.67. The molecule has 0 aliphatic carbocycles. The third-order valence-electron chi connectivity index (χ3n) is 5.20. The Balaban J connectivity index is 1.27. The van der Waals surface area contributed by atoms with E-state index in [0.29, 0.717) is 22.8 Å². The Morgan fingerprint density at radius 2 is 1.93 bits per heavy atom. The fourth-order valence-corrected chi connectivity index (χ4v) is 3.64. The monoisotopic (exact) mass is 404 g/mol. The van der Waals surface area contributed by atoms with Crippen molar-refractivity contribution in [1.29, 1.82) is 0 Å². The Hall–Kier alpha value is -3.45. The molecule has 1 aliphatic heterocycles. The van der Waals surface area contributed by atoms with Crippen LogP contribution in [-0.2, 0) is 19.5 Å². The lowest BCUT2D eigenvalue weighted by atomic mass is 10.1. The summed E-state index contributed by atoms with van der Waals surface area (Å²) < 4.78 is 32.0. The molecule has 7 heteroatoms. The number of halogens is 2. The van der Waals surface area contributed by atoms with Crippen molar-refractivity contribution in [2.75, 3.05) is 6.54 Å². The zero-order valence-corrected chi connectivity index (χ0v) is 16.1. The van der Waals surface area contributed by atoms with Crippen molar-refractivity contribution < 1.29 is 13.2 Å². The van der Waals surface area contributed by atoms with Crippen LogP contribution in [-0.4, -0.2) is 26.4 Å². The van der Waals surface area contributed by atoms with Crippen LogP contribution in [0.25, 0.3) is 22.8 Å². The van der Waals surface area contributed by atoms with Crippen LogP contribution >= 0.6 is 0 Å². The molecule has 1 aliphatic rings. The molecule has 0 fully saturated rings. The summed E-state index contributed by atoms with van der Waals surface area (Å²) in [6, 6.07) is 11.3. The van der Waals surface area contributed by atoms with Gasteiger partial charge in [0.2, 0.25) is 0 Å². The summed E-state index contributed by atoms with van der Waals surface area (Å²) >= 11 is 0. The van der Waals surface area contributed by atoms with Crippen molar-refractivity contribution in [1.82, 2.24) is 19.9 Å². The summed E-state index contributed by atoms with van der Waals surface area (Å²) in [6.45, 7) is 2.38. The molecule has 0 atom stereocenters. The predicted octanol–water partition coefficient (Wildman–Crippen LogP) is 4.64. The summed E-state index contributed by atoms with van der Waals surface area (Å²) in [4.78, 5) is 15.8. The van der Waals surface area contributed by atoms with E-state index < -0.39 is 11.6 Å². The van der Waals surface area contributed by atoms with Gasteiger partial charge < -0.3 is 4.42 Å². The van der Waals surface area contributed by atoms with E-state index in [4.69, 9.17) is 4.42 Å². The predicted molar refractivity (Wildman–Crippen MR) is 107 cm³/mol. The lowest BCUT2D eigenvalue weighted by Gasteiger charge is -2.27. The molecule has 0 spiro atoms. The molecule has 5 nitrogen and oxygen atoms in total. The number of furan rings is 1. The quantitative estimate of drug-likeness (QED) is 0.496. The van der Waals surface area contributed by atoms with Crippen molar-refractivity contribution >= 4 is 0 Å². The number of aromatic nitrogens is 3. The molecule has 30 heavy (non-hydrogen) atoms. The number of hydrogen-bond donors (Lipinski definition) is 0. The van der Waals surface area contributed by atoms with Gasteiger partial charge in [0.05, 0.1) is 17.7 Å². The topological polar surface area (TPSA) is 55.1 Å². The van der Waals surface area contributed by atoms with E-state index in [1.165, 1.54) is 6.07 Å². The molecular weight excluding hydrogens is 386 g/mol. The fraction of sp³-hybridized carbons (Fsp3) is 0.174. The summed E-state index contributed by atoms with van der Waals surface area (Å²) in [5, 5.41) is 0. The highest BCUT2D eigenvalue weighted by molar-refractivity contribution is 5.59. The Bertz CT molecular complexity index is 1180. The van der Waals surface area contributed by atoms with E-state index in [2.05, 4.69) is 19.9 Å². The van der Waals surface area contributed by atoms with Gasteiger partial charge in [0.25, 0.3) is 0 Å². The maximum atomic E-state index is 13.5. The minimum Gasteiger partial charge on any atom is -0.461 e. The molecule has 3 aromatic heterocycles. The van der Waals surface area contributed by atoms with Gasteiger partial charge in [-0.15, -0.1) is 0 Å². The van der Waals surface area contributed by atoms with Crippen molar-refractivity contribution in [3.63, 3.8) is 0 Å². The van der Waals surface area contributed by atoms with Crippen LogP contribution in [0.3, 0.4) is 0 Å². The Morgan fingerprint density at radius 1 is 1.00 bits per heavy atom. The number of hydrogen-bond acceptors (Lipinski definition) is 5. The molecule has 0 N–H and O–H groups in total. The van der Waals surface area contributed by atoms with Gasteiger partial charge in [-0.1, -0.05) is 6.07 Å². The lowest BCUT2D eigenvalue weighted by Crippen LogP contribution is -2.31. The highest BCUT2D eigenvalue weighted by Gasteiger charge is 2.19. The van der Waals surface area contributed by atoms with Crippen LogP contribution in [0.15, 0.2) is 65.5 Å². The van der Waals surface area contributed by atoms with Gasteiger partial charge in [0.15, 0.2) is 23.2 Å². The van der Waals surface area contributed by atoms with Gasteiger partial charge in [-0.25, -0.2) is 18.7 Å². The normalized spacial score (nSPS) is 13.9. The first kappa shape index (κ1) is 18.6. The highest BCUT2D eigenvalue weighted by atomic mass is 19.2. The third-order valence-corrected chi connectivity index (χ3v) is 5.20. The van der Waals surface area contributed by atoms with Gasteiger partial charge in [-0.2, -0.15) is 0 Å². The highest BCUT2D eigenvalue weighted by Crippen LogP contribution is 2.23. The zero-order chi connectivity index (χ0) is 20.5. The van der Waals surface area contributed by atoms with E-state index in [1.54, 1.807) is 12.5 Å². The standard InChI is InChI=1S/C23H18F2N4O/c24-18-5-4-16(10-19(18)25)20-6-3-15(11-26-20)13-29-8-7-21-17(14-29)12-27-23(28-21)22-2-1-9-30-22/h1-6,9-12H,7-8,13-14H2. The molecule has 1 aromatic carbocycles. The van der Waals surface area contributed by atoms with Gasteiger partial charge >= 0.3 is 0 Å². The largest absolute Gasteiger partial charge is 0.461 e. The van der Waals surface area contributed by atoms with Crippen molar-refractivity contribution in [3.8, 4) is 22.8 Å². The van der Waals surface area contributed by atoms with Crippen LogP contribution in [0.5, 0.6) is 0 Å². The second kappa shape index (κ2) is 7.76. The van der Waals surface area contributed by atoms with E-state index in [9.17, 15) is 8.78 Å². The summed E-state index contributed by atoms with van der Waals surface area (Å²) in [5.74, 6) is -0.444. The second-order valence-electron chi connectivity index (χ2n) is 7.28. The van der Waals surface area contributed by atoms with Gasteiger partial charge in [0.1, 0.15) is 0 Å². The molecule has 5 rings (SSSR count). The molecule has 0 saturated carbocycles. The summed E-state index contributed by atoms with van der Waals surface area (Å²) in [6.07, 6.45) is 6.11. The number of nitrogens with zero attached hydrogens (tertiary/aromatic N) is 4. The Morgan fingerprint density at radius 3 is 2.70 bits per heavy atom. The first-order valence-electron chi connectivity index (χ1n) is 9.67. The number of fused-ring (bicyclic) bond motifs is 1. The zero-order valence-electron chi connectivity index (χ0n) is 16.1. The van der Waals surface area contributed by atoms with Crippen LogP contribution < -0.4 is 0 Å². The molecule has 0 radical (unpaired) electrons. The third kappa shape index (κ3) is 3.71. The van der Waals surface area contributed by atoms with Gasteiger partial charge in [0, 0.05) is 49.6 Å². The molecule has 0 saturated heterocycles. The molecular formula is C23H18F2N4O. The molecule has 0 amide bonds. The number of pyridine rings is 1. The van der Waals surface area contributed by atoms with E-state index in [1.807, 2.05) is 30.5 Å². The number of rotatable bonds is 4. The van der Waals surface area contributed by atoms with Gasteiger partial charge in [-0.3, -0.25) is 9.88 Å². The molecule has 4 heterocycles. The van der Waals surface area contributed by atoms with E-state index in [0.717, 1.165) is 55.0 Å². The van der Waals surface area contributed by atoms with E-state index >= 15 is 0 Å². The maximum Gasteiger partial charge on any atom is 0.195 e. The average Bonchev–Trinajstić information content (AvgIpc) is 3.31. The molecule has 4 aromatic rings. The van der Waals surface area contributed by atoms with E-state index in [-0.39, 0.29) is 0 Å². The van der Waals surface area contributed by atoms with Crippen LogP contribution in [0.2, 0.25) is 0 Å². The van der Waals surface area contributed by atoms with Crippen molar-refractivity contribution in [2.45, 2.75) is 19.5 Å². The maximum absolute atomic E-state index is 13.5. The average molecular weight is 404 g/mol. The Kier molecular flexibility index (Phi) is 4.80. The summed E-state index contributed by atoms with van der Waals surface area (Å²) in [5.41, 5.74) is 4.39. The first-order chi connectivity index (χ1) is 14.7. The van der Waals surface area contributed by atoms with Crippen LogP contribution in [0, 0.1) is 11.6 Å². The SMILES string of the molecule is Fc1ccc(-c2ccc(CN3CCc4nc(-c5ccco5)ncc4C3)cn2)cc1F. The van der Waals surface area contributed by atoms with Crippen molar-refractivity contribution in [2.24, 2.45) is 0 Å². The minimum absolute atomic E-state index is 0.553. The summed E-state index contributed by atoms with van der Waals surface area (Å²) in [7, 11) is 0. The van der Waals surface area contributed by atoms with Crippen LogP contribution in [0.1, 0.15) is 16.8 Å². The van der Waals surface area contributed by atoms with Gasteiger partial charge in [-0.05, 0) is 42.0 Å². The molecule has 0 bridgehead atoms. The molecule has 0 unspecified atom stereocenters. The smallest absolute Gasteiger partial charge is 0.195 e.